The Morgan fingerprint density at radius 1 is 1.08 bits per heavy atom. The van der Waals surface area contributed by atoms with E-state index in [0.29, 0.717) is 5.56 Å². The van der Waals surface area contributed by atoms with Gasteiger partial charge in [0.25, 0.3) is 17.3 Å². The van der Waals surface area contributed by atoms with E-state index in [9.17, 15) is 34.6 Å². The van der Waals surface area contributed by atoms with E-state index in [1.807, 2.05) is 0 Å². The summed E-state index contributed by atoms with van der Waals surface area (Å²) in [5.41, 5.74) is 11.3. The number of non-ortho nitro benzene ring substituents is 2. The lowest BCUT2D eigenvalue weighted by molar-refractivity contribution is -0.385. The molecule has 1 aliphatic rings. The van der Waals surface area contributed by atoms with Crippen LogP contribution in [0.5, 0.6) is 0 Å². The largest absolute Gasteiger partial charge is 0.464 e. The van der Waals surface area contributed by atoms with Crippen LogP contribution in [0, 0.1) is 20.2 Å². The zero-order valence-corrected chi connectivity index (χ0v) is 19.8. The molecule has 188 valence electrons. The van der Waals surface area contributed by atoms with Gasteiger partial charge in [-0.25, -0.2) is 4.79 Å². The number of esters is 1. The van der Waals surface area contributed by atoms with Crippen LogP contribution in [0.3, 0.4) is 0 Å². The van der Waals surface area contributed by atoms with Crippen LogP contribution in [0.25, 0.3) is 11.0 Å². The molecule has 0 aliphatic carbocycles. The van der Waals surface area contributed by atoms with Crippen molar-refractivity contribution in [2.45, 2.75) is 5.25 Å². The van der Waals surface area contributed by atoms with Crippen molar-refractivity contribution in [1.29, 1.82) is 0 Å². The number of primary amides is 1. The molecule has 0 spiro atoms. The van der Waals surface area contributed by atoms with Gasteiger partial charge in [0, 0.05) is 29.5 Å². The van der Waals surface area contributed by atoms with Gasteiger partial charge in [0.1, 0.15) is 5.25 Å². The lowest BCUT2D eigenvalue weighted by Crippen LogP contribution is -2.43. The SMILES string of the molecule is COC(=O)c1c(N)/c(=C\c2cccc([N+](=O)[O-])c2)c2n1C(=O)C(c1cccc([N+](=O)[O-])c1)SC=2C(N)=O. The number of hydrogen-bond donors (Lipinski definition) is 2. The number of hydrogen-bond acceptors (Lipinski definition) is 10. The number of carbonyl (C=O) groups excluding carboxylic acids is 3. The maximum atomic E-state index is 13.7. The van der Waals surface area contributed by atoms with Crippen LogP contribution >= 0.6 is 11.8 Å². The van der Waals surface area contributed by atoms with Crippen LogP contribution in [-0.4, -0.2) is 39.3 Å². The number of rotatable bonds is 6. The topological polar surface area (TPSA) is 204 Å². The molecule has 4 N–H and O–H groups in total. The van der Waals surface area contributed by atoms with Crippen molar-refractivity contribution in [3.8, 4) is 0 Å². The first-order valence-electron chi connectivity index (χ1n) is 10.4. The fourth-order valence-electron chi connectivity index (χ4n) is 3.92. The Balaban J connectivity index is 2.07. The van der Waals surface area contributed by atoms with Gasteiger partial charge in [-0.3, -0.25) is 34.4 Å². The fourth-order valence-corrected chi connectivity index (χ4v) is 5.07. The summed E-state index contributed by atoms with van der Waals surface area (Å²) in [6.45, 7) is 0. The Labute approximate surface area is 211 Å². The Morgan fingerprint density at radius 3 is 2.30 bits per heavy atom. The number of fused-ring (bicyclic) bond motifs is 1. The highest BCUT2D eigenvalue weighted by Crippen LogP contribution is 2.40. The number of nitrogens with two attached hydrogens (primary N) is 2. The second kappa shape index (κ2) is 9.58. The van der Waals surface area contributed by atoms with Gasteiger partial charge in [-0.15, -0.1) is 0 Å². The molecule has 1 unspecified atom stereocenters. The van der Waals surface area contributed by atoms with E-state index >= 15 is 0 Å². The number of amides is 1. The average Bonchev–Trinajstić information content (AvgIpc) is 3.16. The fraction of sp³-hybridized carbons (Fsp3) is 0.0870. The molecule has 1 amide bonds. The summed E-state index contributed by atoms with van der Waals surface area (Å²) in [6, 6.07) is 10.8. The lowest BCUT2D eigenvalue weighted by atomic mass is 10.1. The molecule has 2 heterocycles. The number of ether oxygens (including phenoxy) is 1. The number of nitro benzene ring substituents is 2. The number of thioether (sulfide) groups is 1. The number of nitrogens with zero attached hydrogens (tertiary/aromatic N) is 3. The number of nitrogen functional groups attached to an aromatic ring is 1. The molecule has 0 radical (unpaired) electrons. The number of carbonyl (C=O) groups is 3. The van der Waals surface area contributed by atoms with Crippen LogP contribution in [0.15, 0.2) is 48.5 Å². The number of benzene rings is 2. The highest BCUT2D eigenvalue weighted by molar-refractivity contribution is 8.10. The van der Waals surface area contributed by atoms with Crippen molar-refractivity contribution in [2.24, 2.45) is 5.73 Å². The molecule has 13 nitrogen and oxygen atoms in total. The van der Waals surface area contributed by atoms with Gasteiger partial charge in [0.05, 0.1) is 32.9 Å². The van der Waals surface area contributed by atoms with Crippen LogP contribution in [-0.2, 0) is 9.53 Å². The van der Waals surface area contributed by atoms with Crippen LogP contribution in [0.4, 0.5) is 17.1 Å². The maximum absolute atomic E-state index is 13.7. The van der Waals surface area contributed by atoms with Gasteiger partial charge in [-0.2, -0.15) is 0 Å². The molecular weight excluding hydrogens is 506 g/mol. The van der Waals surface area contributed by atoms with Gasteiger partial charge in [0.2, 0.25) is 5.91 Å². The van der Waals surface area contributed by atoms with Crippen molar-refractivity contribution in [2.75, 3.05) is 12.8 Å². The van der Waals surface area contributed by atoms with Crippen LogP contribution in [0.2, 0.25) is 0 Å². The summed E-state index contributed by atoms with van der Waals surface area (Å²) in [7, 11) is 1.07. The van der Waals surface area contributed by atoms with Crippen LogP contribution in [0.1, 0.15) is 31.7 Å². The van der Waals surface area contributed by atoms with E-state index in [1.54, 1.807) is 0 Å². The summed E-state index contributed by atoms with van der Waals surface area (Å²) in [6.07, 6.45) is 1.38. The smallest absolute Gasteiger partial charge is 0.357 e. The lowest BCUT2D eigenvalue weighted by Gasteiger charge is -2.23. The van der Waals surface area contributed by atoms with E-state index in [0.717, 1.165) is 23.4 Å². The Bertz CT molecular complexity index is 1640. The van der Waals surface area contributed by atoms with Crippen molar-refractivity contribution in [1.82, 2.24) is 4.57 Å². The first-order valence-corrected chi connectivity index (χ1v) is 11.3. The van der Waals surface area contributed by atoms with Crippen molar-refractivity contribution < 1.29 is 29.0 Å². The Morgan fingerprint density at radius 2 is 1.70 bits per heavy atom. The molecule has 3 aromatic rings. The first kappa shape index (κ1) is 25.1. The van der Waals surface area contributed by atoms with E-state index in [4.69, 9.17) is 16.2 Å². The van der Waals surface area contributed by atoms with Gasteiger partial charge in [-0.1, -0.05) is 36.0 Å². The van der Waals surface area contributed by atoms with Crippen molar-refractivity contribution in [3.05, 3.63) is 96.1 Å². The molecule has 1 aliphatic heterocycles. The van der Waals surface area contributed by atoms with E-state index in [-0.39, 0.29) is 43.8 Å². The summed E-state index contributed by atoms with van der Waals surface area (Å²) in [5.74, 6) is -2.66. The predicted molar refractivity (Wildman–Crippen MR) is 133 cm³/mol. The average molecular weight is 523 g/mol. The summed E-state index contributed by atoms with van der Waals surface area (Å²) < 4.78 is 5.72. The third-order valence-electron chi connectivity index (χ3n) is 5.52. The number of aromatic nitrogens is 1. The molecule has 0 saturated carbocycles. The highest BCUT2D eigenvalue weighted by atomic mass is 32.2. The van der Waals surface area contributed by atoms with Gasteiger partial charge < -0.3 is 16.2 Å². The summed E-state index contributed by atoms with van der Waals surface area (Å²) in [5, 5.41) is 21.2. The highest BCUT2D eigenvalue weighted by Gasteiger charge is 2.37. The van der Waals surface area contributed by atoms with Gasteiger partial charge >= 0.3 is 5.97 Å². The molecule has 0 saturated heterocycles. The maximum Gasteiger partial charge on any atom is 0.357 e. The monoisotopic (exact) mass is 523 g/mol. The Kier molecular flexibility index (Phi) is 6.50. The quantitative estimate of drug-likeness (QED) is 0.268. The third kappa shape index (κ3) is 4.40. The third-order valence-corrected chi connectivity index (χ3v) is 6.86. The standard InChI is InChI=1S/C23H17N5O8S/c1-36-23(31)18-16(24)15(9-11-4-2-6-13(8-11)27(32)33)17-20(21(25)29)37-19(22(30)26(17)18)12-5-3-7-14(10-12)28(34)35/h2-10,19H,24H2,1H3,(H2,25,29)/b15-9+. The van der Waals surface area contributed by atoms with Crippen LogP contribution < -0.4 is 22.0 Å². The minimum Gasteiger partial charge on any atom is -0.464 e. The first-order chi connectivity index (χ1) is 17.5. The van der Waals surface area contributed by atoms with E-state index in [2.05, 4.69) is 0 Å². The molecule has 1 atom stereocenters. The molecule has 1 aromatic heterocycles. The van der Waals surface area contributed by atoms with Crippen molar-refractivity contribution >= 4 is 57.6 Å². The predicted octanol–water partition coefficient (Wildman–Crippen LogP) is 1.22. The van der Waals surface area contributed by atoms with E-state index < -0.39 is 32.9 Å². The molecule has 14 heteroatoms. The molecule has 0 fully saturated rings. The Hall–Kier alpha value is -4.98. The molecule has 2 aromatic carbocycles. The summed E-state index contributed by atoms with van der Waals surface area (Å²) in [4.78, 5) is 60.1. The number of methoxy groups -OCH3 is 1. The number of nitro groups is 2. The molecule has 4 rings (SSSR count). The second-order valence-corrected chi connectivity index (χ2v) is 8.84. The van der Waals surface area contributed by atoms with E-state index in [1.165, 1.54) is 54.6 Å². The molecular formula is C23H17N5O8S. The minimum absolute atomic E-state index is 0.0491. The molecule has 37 heavy (non-hydrogen) atoms. The summed E-state index contributed by atoms with van der Waals surface area (Å²) >= 11 is 0.751. The zero-order chi connectivity index (χ0) is 27.0. The van der Waals surface area contributed by atoms with Crippen molar-refractivity contribution in [3.63, 3.8) is 0 Å². The molecule has 0 bridgehead atoms. The normalized spacial score (nSPS) is 15.3. The van der Waals surface area contributed by atoms with Gasteiger partial charge in [-0.05, 0) is 17.2 Å². The van der Waals surface area contributed by atoms with Gasteiger partial charge in [0.15, 0.2) is 5.69 Å². The zero-order valence-electron chi connectivity index (χ0n) is 18.9. The minimum atomic E-state index is -1.18. The second-order valence-electron chi connectivity index (χ2n) is 7.73. The number of anilines is 1.